The summed E-state index contributed by atoms with van der Waals surface area (Å²) in [4.78, 5) is 21.7. The van der Waals surface area contributed by atoms with Crippen LogP contribution in [-0.2, 0) is 7.05 Å². The van der Waals surface area contributed by atoms with Gasteiger partial charge in [-0.2, -0.15) is 10.1 Å². The lowest BCUT2D eigenvalue weighted by Gasteiger charge is -2.10. The number of benzene rings is 1. The van der Waals surface area contributed by atoms with Crippen LogP contribution in [0.3, 0.4) is 0 Å². The second-order valence-electron chi connectivity index (χ2n) is 7.28. The molecule has 0 unspecified atom stereocenters. The van der Waals surface area contributed by atoms with Crippen molar-refractivity contribution in [3.63, 3.8) is 0 Å². The van der Waals surface area contributed by atoms with Crippen LogP contribution in [0.1, 0.15) is 21.9 Å². The number of hydrogen-bond acceptors (Lipinski definition) is 6. The van der Waals surface area contributed by atoms with Gasteiger partial charge in [0, 0.05) is 43.2 Å². The third kappa shape index (κ3) is 3.46. The van der Waals surface area contributed by atoms with E-state index in [1.54, 1.807) is 22.2 Å². The van der Waals surface area contributed by atoms with Crippen LogP contribution in [0.2, 0.25) is 0 Å². The summed E-state index contributed by atoms with van der Waals surface area (Å²) in [5, 5.41) is 11.4. The summed E-state index contributed by atoms with van der Waals surface area (Å²) in [5.74, 6) is 0.689. The molecule has 5 rings (SSSR count). The molecule has 1 N–H and O–H groups in total. The number of imidazole rings is 1. The molecular weight excluding hydrogens is 394 g/mol. The third-order valence-corrected chi connectivity index (χ3v) is 5.02. The van der Waals surface area contributed by atoms with Gasteiger partial charge in [0.15, 0.2) is 0 Å². The first-order chi connectivity index (χ1) is 15.0. The minimum atomic E-state index is -0.268. The van der Waals surface area contributed by atoms with Gasteiger partial charge in [-0.25, -0.2) is 4.98 Å². The summed E-state index contributed by atoms with van der Waals surface area (Å²) >= 11 is 0. The molecule has 4 heterocycles. The molecule has 0 atom stereocenters. The predicted octanol–water partition coefficient (Wildman–Crippen LogP) is 3.65. The number of hydrogen-bond donors (Lipinski definition) is 1. The molecule has 4 aromatic heterocycles. The molecule has 9 heteroatoms. The largest absolute Gasteiger partial charge is 0.339 e. The average molecular weight is 413 g/mol. The van der Waals surface area contributed by atoms with E-state index in [2.05, 4.69) is 25.5 Å². The molecule has 0 spiro atoms. The smallest absolute Gasteiger partial charge is 0.274 e. The van der Waals surface area contributed by atoms with E-state index < -0.39 is 0 Å². The molecule has 0 aliphatic carbocycles. The van der Waals surface area contributed by atoms with Crippen molar-refractivity contribution < 1.29 is 9.32 Å². The number of fused-ring (bicyclic) bond motifs is 1. The Hall–Kier alpha value is -4.27. The van der Waals surface area contributed by atoms with Crippen LogP contribution in [0.4, 0.5) is 5.69 Å². The zero-order chi connectivity index (χ0) is 21.5. The number of nitrogens with zero attached hydrogens (tertiary/aromatic N) is 6. The fourth-order valence-corrected chi connectivity index (χ4v) is 3.37. The Bertz CT molecular complexity index is 1430. The van der Waals surface area contributed by atoms with Crippen molar-refractivity contribution >= 4 is 17.2 Å². The minimum Gasteiger partial charge on any atom is -0.339 e. The lowest BCUT2D eigenvalue weighted by atomic mass is 10.1. The molecule has 0 saturated carbocycles. The van der Waals surface area contributed by atoms with E-state index in [1.807, 2.05) is 62.8 Å². The molecule has 31 heavy (non-hydrogen) atoms. The lowest BCUT2D eigenvalue weighted by molar-refractivity contribution is 0.102. The Morgan fingerprint density at radius 2 is 1.94 bits per heavy atom. The van der Waals surface area contributed by atoms with Crippen LogP contribution in [-0.4, -0.2) is 35.2 Å². The van der Waals surface area contributed by atoms with Crippen molar-refractivity contribution in [2.75, 3.05) is 5.32 Å². The Morgan fingerprint density at radius 3 is 2.68 bits per heavy atom. The van der Waals surface area contributed by atoms with Crippen molar-refractivity contribution in [3.8, 4) is 22.6 Å². The van der Waals surface area contributed by atoms with Crippen molar-refractivity contribution in [3.05, 3.63) is 72.1 Å². The zero-order valence-corrected chi connectivity index (χ0v) is 17.2. The number of amides is 1. The number of carbonyl (C=O) groups excluding carboxylic acids is 1. The van der Waals surface area contributed by atoms with Crippen LogP contribution in [0.15, 0.2) is 59.5 Å². The highest BCUT2D eigenvalue weighted by Gasteiger charge is 2.16. The average Bonchev–Trinajstić information content (AvgIpc) is 3.48. The van der Waals surface area contributed by atoms with Crippen LogP contribution < -0.4 is 5.32 Å². The molecule has 9 nitrogen and oxygen atoms in total. The molecule has 0 aliphatic rings. The fourth-order valence-electron chi connectivity index (χ4n) is 3.37. The van der Waals surface area contributed by atoms with Crippen molar-refractivity contribution in [2.24, 2.45) is 7.05 Å². The molecule has 0 saturated heterocycles. The van der Waals surface area contributed by atoms with Crippen LogP contribution >= 0.6 is 0 Å². The number of pyridine rings is 1. The Labute approximate surface area is 177 Å². The van der Waals surface area contributed by atoms with Gasteiger partial charge in [-0.1, -0.05) is 17.3 Å². The van der Waals surface area contributed by atoms with Gasteiger partial charge in [0.1, 0.15) is 11.3 Å². The summed E-state index contributed by atoms with van der Waals surface area (Å²) in [6.07, 6.45) is 5.31. The Kier molecular flexibility index (Phi) is 4.36. The summed E-state index contributed by atoms with van der Waals surface area (Å²) in [6.45, 7) is 3.66. The molecule has 0 fully saturated rings. The van der Waals surface area contributed by atoms with Gasteiger partial charge in [0.05, 0.1) is 11.9 Å². The van der Waals surface area contributed by atoms with Crippen LogP contribution in [0.5, 0.6) is 0 Å². The van der Waals surface area contributed by atoms with Gasteiger partial charge in [-0.3, -0.25) is 13.9 Å². The number of anilines is 1. The number of nitrogens with one attached hydrogen (secondary N) is 1. The molecule has 1 aromatic carbocycles. The molecule has 0 aliphatic heterocycles. The highest BCUT2D eigenvalue weighted by molar-refractivity contribution is 6.04. The summed E-state index contributed by atoms with van der Waals surface area (Å²) in [6, 6.07) is 11.4. The number of rotatable bonds is 4. The first kappa shape index (κ1) is 18.7. The maximum Gasteiger partial charge on any atom is 0.274 e. The highest BCUT2D eigenvalue weighted by atomic mass is 16.5. The molecule has 0 radical (unpaired) electrons. The maximum atomic E-state index is 13.1. The maximum absolute atomic E-state index is 13.1. The predicted molar refractivity (Wildman–Crippen MR) is 115 cm³/mol. The summed E-state index contributed by atoms with van der Waals surface area (Å²) in [7, 11) is 1.87. The molecule has 5 aromatic rings. The quantitative estimate of drug-likeness (QED) is 0.482. The molecule has 0 bridgehead atoms. The van der Waals surface area contributed by atoms with Gasteiger partial charge >= 0.3 is 0 Å². The van der Waals surface area contributed by atoms with E-state index in [1.165, 1.54) is 0 Å². The van der Waals surface area contributed by atoms with E-state index >= 15 is 0 Å². The first-order valence-corrected chi connectivity index (χ1v) is 9.68. The standard InChI is InChI=1S/C22H19N7O2/c1-13-4-5-15(21-24-14(2)31-27-21)10-18(13)25-22(30)19-11-23-20-7-6-16(12-29(19)20)17-8-9-28(3)26-17/h4-12H,1-3H3,(H,25,30). The zero-order valence-electron chi connectivity index (χ0n) is 17.2. The minimum absolute atomic E-state index is 0.268. The monoisotopic (exact) mass is 413 g/mol. The molecular formula is C22H19N7O2. The number of aryl methyl sites for hydroxylation is 3. The lowest BCUT2D eigenvalue weighted by Crippen LogP contribution is -2.15. The Morgan fingerprint density at radius 1 is 1.10 bits per heavy atom. The van der Waals surface area contributed by atoms with Gasteiger partial charge in [-0.15, -0.1) is 0 Å². The Balaban J connectivity index is 1.48. The van der Waals surface area contributed by atoms with E-state index in [-0.39, 0.29) is 5.91 Å². The summed E-state index contributed by atoms with van der Waals surface area (Å²) in [5.41, 5.74) is 5.16. The number of carbonyl (C=O) groups is 1. The number of aromatic nitrogens is 6. The van der Waals surface area contributed by atoms with E-state index in [0.717, 1.165) is 22.4 Å². The van der Waals surface area contributed by atoms with Crippen LogP contribution in [0, 0.1) is 13.8 Å². The second-order valence-corrected chi connectivity index (χ2v) is 7.28. The SMILES string of the molecule is Cc1nc(-c2ccc(C)c(NC(=O)c3cnc4ccc(-c5ccn(C)n5)cn34)c2)no1. The highest BCUT2D eigenvalue weighted by Crippen LogP contribution is 2.25. The van der Waals surface area contributed by atoms with Gasteiger partial charge < -0.3 is 9.84 Å². The van der Waals surface area contributed by atoms with Gasteiger partial charge in [0.2, 0.25) is 11.7 Å². The first-order valence-electron chi connectivity index (χ1n) is 9.68. The van der Waals surface area contributed by atoms with Crippen molar-refractivity contribution in [1.82, 2.24) is 29.3 Å². The molecule has 1 amide bonds. The van der Waals surface area contributed by atoms with E-state index in [0.29, 0.717) is 28.7 Å². The van der Waals surface area contributed by atoms with Gasteiger partial charge in [-0.05, 0) is 36.8 Å². The second kappa shape index (κ2) is 7.21. The van der Waals surface area contributed by atoms with E-state index in [4.69, 9.17) is 4.52 Å². The van der Waals surface area contributed by atoms with Gasteiger partial charge in [0.25, 0.3) is 5.91 Å². The topological polar surface area (TPSA) is 103 Å². The fraction of sp³-hybridized carbons (Fsp3) is 0.136. The van der Waals surface area contributed by atoms with Crippen molar-refractivity contribution in [2.45, 2.75) is 13.8 Å². The molecule has 154 valence electrons. The van der Waals surface area contributed by atoms with E-state index in [9.17, 15) is 4.79 Å². The third-order valence-electron chi connectivity index (χ3n) is 5.02. The summed E-state index contributed by atoms with van der Waals surface area (Å²) < 4.78 is 8.56. The van der Waals surface area contributed by atoms with Crippen LogP contribution in [0.25, 0.3) is 28.3 Å². The van der Waals surface area contributed by atoms with Crippen molar-refractivity contribution in [1.29, 1.82) is 0 Å². The normalized spacial score (nSPS) is 11.2.